The quantitative estimate of drug-likeness (QED) is 0.582. The molecule has 0 aliphatic carbocycles. The summed E-state index contributed by atoms with van der Waals surface area (Å²) < 4.78 is 4.91. The molecule has 0 saturated heterocycles. The fourth-order valence-corrected chi connectivity index (χ4v) is 1.84. The number of nitro benzene ring substituents is 1. The molecule has 1 aromatic rings. The van der Waals surface area contributed by atoms with E-state index in [1.165, 1.54) is 25.3 Å². The highest BCUT2D eigenvalue weighted by atomic mass is 16.6. The Labute approximate surface area is 120 Å². The van der Waals surface area contributed by atoms with E-state index in [-0.39, 0.29) is 23.4 Å². The molecule has 0 fully saturated rings. The molecule has 0 aliphatic heterocycles. The number of hydrogen-bond acceptors (Lipinski definition) is 5. The second kappa shape index (κ2) is 7.22. The van der Waals surface area contributed by atoms with Crippen molar-refractivity contribution < 1.29 is 24.4 Å². The number of ether oxygens (including phenoxy) is 1. The SMILES string of the molecule is CCC[C@H](NC(=O)c1cccc([N+](=O)[O-])c1OC)C(=O)O. The van der Waals surface area contributed by atoms with E-state index in [4.69, 9.17) is 9.84 Å². The van der Waals surface area contributed by atoms with Crippen LogP contribution in [0.5, 0.6) is 5.75 Å². The van der Waals surface area contributed by atoms with E-state index in [2.05, 4.69) is 5.32 Å². The number of carboxylic acid groups (broad SMARTS) is 1. The predicted molar refractivity (Wildman–Crippen MR) is 73.4 cm³/mol. The lowest BCUT2D eigenvalue weighted by atomic mass is 10.1. The van der Waals surface area contributed by atoms with Crippen molar-refractivity contribution in [2.45, 2.75) is 25.8 Å². The highest BCUT2D eigenvalue weighted by Crippen LogP contribution is 2.30. The normalized spacial score (nSPS) is 11.5. The summed E-state index contributed by atoms with van der Waals surface area (Å²) in [6.07, 6.45) is 0.835. The first-order chi connectivity index (χ1) is 9.92. The molecule has 0 aromatic heterocycles. The highest BCUT2D eigenvalue weighted by Gasteiger charge is 2.25. The molecule has 0 aliphatic rings. The van der Waals surface area contributed by atoms with Crippen molar-refractivity contribution >= 4 is 17.6 Å². The molecule has 8 nitrogen and oxygen atoms in total. The van der Waals surface area contributed by atoms with Crippen LogP contribution in [0.25, 0.3) is 0 Å². The number of nitrogens with zero attached hydrogens (tertiary/aromatic N) is 1. The summed E-state index contributed by atoms with van der Waals surface area (Å²) in [5.41, 5.74) is -0.429. The summed E-state index contributed by atoms with van der Waals surface area (Å²) in [6.45, 7) is 1.79. The smallest absolute Gasteiger partial charge is 0.326 e. The van der Waals surface area contributed by atoms with Crippen molar-refractivity contribution in [3.8, 4) is 5.75 Å². The van der Waals surface area contributed by atoms with E-state index in [1.807, 2.05) is 0 Å². The summed E-state index contributed by atoms with van der Waals surface area (Å²) >= 11 is 0. The average Bonchev–Trinajstić information content (AvgIpc) is 2.45. The number of amides is 1. The van der Waals surface area contributed by atoms with E-state index < -0.39 is 22.8 Å². The van der Waals surface area contributed by atoms with Gasteiger partial charge in [-0.05, 0) is 12.5 Å². The van der Waals surface area contributed by atoms with Gasteiger partial charge in [0, 0.05) is 6.07 Å². The fraction of sp³-hybridized carbons (Fsp3) is 0.385. The number of methoxy groups -OCH3 is 1. The van der Waals surface area contributed by atoms with Gasteiger partial charge in [0.25, 0.3) is 5.91 Å². The van der Waals surface area contributed by atoms with Gasteiger partial charge in [-0.2, -0.15) is 0 Å². The summed E-state index contributed by atoms with van der Waals surface area (Å²) in [5.74, 6) is -2.08. The fourth-order valence-electron chi connectivity index (χ4n) is 1.84. The molecule has 1 amide bonds. The summed E-state index contributed by atoms with van der Waals surface area (Å²) in [4.78, 5) is 33.4. The second-order valence-electron chi connectivity index (χ2n) is 4.27. The Balaban J connectivity index is 3.09. The van der Waals surface area contributed by atoms with Gasteiger partial charge in [-0.3, -0.25) is 14.9 Å². The number of carboxylic acids is 1. The van der Waals surface area contributed by atoms with Crippen LogP contribution in [0.4, 0.5) is 5.69 Å². The first kappa shape index (κ1) is 16.4. The zero-order valence-electron chi connectivity index (χ0n) is 11.7. The molecule has 8 heteroatoms. The van der Waals surface area contributed by atoms with Crippen LogP contribution in [0, 0.1) is 10.1 Å². The van der Waals surface area contributed by atoms with Crippen LogP contribution < -0.4 is 10.1 Å². The van der Waals surface area contributed by atoms with Crippen LogP contribution in [0.1, 0.15) is 30.1 Å². The number of aliphatic carboxylic acids is 1. The van der Waals surface area contributed by atoms with Crippen LogP contribution in [0.3, 0.4) is 0 Å². The third-order valence-corrected chi connectivity index (χ3v) is 2.82. The topological polar surface area (TPSA) is 119 Å². The minimum absolute atomic E-state index is 0.0750. The molecule has 0 unspecified atom stereocenters. The van der Waals surface area contributed by atoms with Gasteiger partial charge in [0.05, 0.1) is 17.6 Å². The van der Waals surface area contributed by atoms with Crippen molar-refractivity contribution in [1.82, 2.24) is 5.32 Å². The standard InChI is InChI=1S/C13H16N2O6/c1-3-5-9(13(17)18)14-12(16)8-6-4-7-10(15(19)20)11(8)21-2/h4,6-7,9H,3,5H2,1-2H3,(H,14,16)(H,17,18)/t9-/m0/s1. The number of nitrogens with one attached hydrogen (secondary N) is 1. The first-order valence-corrected chi connectivity index (χ1v) is 6.27. The van der Waals surface area contributed by atoms with Gasteiger partial charge in [0.2, 0.25) is 5.75 Å². The van der Waals surface area contributed by atoms with Crippen LogP contribution in [0.15, 0.2) is 18.2 Å². The number of nitro groups is 1. The van der Waals surface area contributed by atoms with E-state index in [0.717, 1.165) is 0 Å². The van der Waals surface area contributed by atoms with Gasteiger partial charge in [0.15, 0.2) is 0 Å². The van der Waals surface area contributed by atoms with Gasteiger partial charge >= 0.3 is 11.7 Å². The lowest BCUT2D eigenvalue weighted by Crippen LogP contribution is -2.40. The number of hydrogen-bond donors (Lipinski definition) is 2. The van der Waals surface area contributed by atoms with E-state index in [9.17, 15) is 19.7 Å². The zero-order valence-corrected chi connectivity index (χ0v) is 11.7. The summed E-state index contributed by atoms with van der Waals surface area (Å²) in [6, 6.07) is 2.83. The molecule has 0 heterocycles. The average molecular weight is 296 g/mol. The Hall–Kier alpha value is -2.64. The van der Waals surface area contributed by atoms with Crippen molar-refractivity contribution in [1.29, 1.82) is 0 Å². The number of carbonyl (C=O) groups is 2. The third-order valence-electron chi connectivity index (χ3n) is 2.82. The van der Waals surface area contributed by atoms with Gasteiger partial charge < -0.3 is 15.2 Å². The molecule has 1 atom stereocenters. The molecule has 21 heavy (non-hydrogen) atoms. The Kier molecular flexibility index (Phi) is 5.65. The molecular weight excluding hydrogens is 280 g/mol. The Morgan fingerprint density at radius 2 is 2.14 bits per heavy atom. The van der Waals surface area contributed by atoms with Crippen LogP contribution in [0.2, 0.25) is 0 Å². The van der Waals surface area contributed by atoms with E-state index >= 15 is 0 Å². The van der Waals surface area contributed by atoms with E-state index in [0.29, 0.717) is 6.42 Å². The lowest BCUT2D eigenvalue weighted by Gasteiger charge is -2.14. The molecule has 0 spiro atoms. The highest BCUT2D eigenvalue weighted by molar-refractivity contribution is 6.00. The van der Waals surface area contributed by atoms with Gasteiger partial charge in [0.1, 0.15) is 6.04 Å². The minimum atomic E-state index is -1.16. The van der Waals surface area contributed by atoms with Crippen LogP contribution in [-0.4, -0.2) is 35.1 Å². The number of para-hydroxylation sites is 1. The molecule has 1 rings (SSSR count). The van der Waals surface area contributed by atoms with Crippen LogP contribution >= 0.6 is 0 Å². The maximum atomic E-state index is 12.1. The lowest BCUT2D eigenvalue weighted by molar-refractivity contribution is -0.385. The maximum absolute atomic E-state index is 12.1. The largest absolute Gasteiger partial charge is 0.490 e. The first-order valence-electron chi connectivity index (χ1n) is 6.27. The minimum Gasteiger partial charge on any atom is -0.490 e. The number of rotatable bonds is 7. The zero-order chi connectivity index (χ0) is 16.0. The van der Waals surface area contributed by atoms with Crippen molar-refractivity contribution in [3.63, 3.8) is 0 Å². The van der Waals surface area contributed by atoms with Crippen LogP contribution in [-0.2, 0) is 4.79 Å². The molecule has 114 valence electrons. The van der Waals surface area contributed by atoms with Gasteiger partial charge in [-0.1, -0.05) is 19.4 Å². The Morgan fingerprint density at radius 1 is 1.48 bits per heavy atom. The van der Waals surface area contributed by atoms with E-state index in [1.54, 1.807) is 6.92 Å². The molecule has 1 aromatic carbocycles. The molecule has 2 N–H and O–H groups in total. The van der Waals surface area contributed by atoms with Gasteiger partial charge in [-0.25, -0.2) is 4.79 Å². The summed E-state index contributed by atoms with van der Waals surface area (Å²) in [7, 11) is 1.21. The Bertz CT molecular complexity index is 558. The molecular formula is C13H16N2O6. The van der Waals surface area contributed by atoms with Crippen molar-refractivity contribution in [3.05, 3.63) is 33.9 Å². The van der Waals surface area contributed by atoms with Crippen molar-refractivity contribution in [2.24, 2.45) is 0 Å². The summed E-state index contributed by atoms with van der Waals surface area (Å²) in [5, 5.41) is 22.2. The number of benzene rings is 1. The maximum Gasteiger partial charge on any atom is 0.326 e. The third kappa shape index (κ3) is 3.91. The second-order valence-corrected chi connectivity index (χ2v) is 4.27. The molecule has 0 bridgehead atoms. The van der Waals surface area contributed by atoms with Gasteiger partial charge in [-0.15, -0.1) is 0 Å². The monoisotopic (exact) mass is 296 g/mol. The van der Waals surface area contributed by atoms with Crippen molar-refractivity contribution in [2.75, 3.05) is 7.11 Å². The molecule has 0 saturated carbocycles. The Morgan fingerprint density at radius 3 is 2.62 bits per heavy atom. The predicted octanol–water partition coefficient (Wildman–Crippen LogP) is 1.59. The number of carbonyl (C=O) groups excluding carboxylic acids is 1. The molecule has 0 radical (unpaired) electrons.